The Morgan fingerprint density at radius 2 is 2.50 bits per heavy atom. The molecule has 2 rings (SSSR count). The number of methoxy groups -OCH3 is 1. The van der Waals surface area contributed by atoms with E-state index in [4.69, 9.17) is 4.74 Å². The highest BCUT2D eigenvalue weighted by Crippen LogP contribution is 2.41. The van der Waals surface area contributed by atoms with Gasteiger partial charge >= 0.3 is 5.97 Å². The minimum Gasteiger partial charge on any atom is -0.469 e. The van der Waals surface area contributed by atoms with E-state index < -0.39 is 0 Å². The fourth-order valence-corrected chi connectivity index (χ4v) is 3.94. The highest BCUT2D eigenvalue weighted by molar-refractivity contribution is 7.99. The number of carbonyl (C=O) groups excluding carboxylic acids is 1. The third-order valence-electron chi connectivity index (χ3n) is 3.36. The molecule has 4 heteroatoms. The molecule has 1 N–H and O–H groups in total. The monoisotopic (exact) mass is 215 g/mol. The number of hydrogen-bond acceptors (Lipinski definition) is 4. The zero-order chi connectivity index (χ0) is 10.0. The van der Waals surface area contributed by atoms with Gasteiger partial charge in [-0.15, -0.1) is 0 Å². The Morgan fingerprint density at radius 1 is 1.64 bits per heavy atom. The molecule has 14 heavy (non-hydrogen) atoms. The van der Waals surface area contributed by atoms with Crippen LogP contribution in [0.1, 0.15) is 19.3 Å². The van der Waals surface area contributed by atoms with Gasteiger partial charge in [0.1, 0.15) is 0 Å². The van der Waals surface area contributed by atoms with Gasteiger partial charge in [-0.05, 0) is 31.6 Å². The molecule has 2 fully saturated rings. The summed E-state index contributed by atoms with van der Waals surface area (Å²) in [4.78, 5) is 11.8. The van der Waals surface area contributed by atoms with Crippen molar-refractivity contribution < 1.29 is 9.53 Å². The second-order valence-corrected chi connectivity index (χ2v) is 5.20. The normalized spacial score (nSPS) is 37.4. The summed E-state index contributed by atoms with van der Waals surface area (Å²) < 4.78 is 4.96. The number of hydrogen-bond donors (Lipinski definition) is 1. The molecule has 2 atom stereocenters. The molecule has 2 saturated heterocycles. The molecule has 80 valence electrons. The van der Waals surface area contributed by atoms with Gasteiger partial charge in [0.15, 0.2) is 0 Å². The molecule has 0 bridgehead atoms. The lowest BCUT2D eigenvalue weighted by Crippen LogP contribution is -2.57. The summed E-state index contributed by atoms with van der Waals surface area (Å²) >= 11 is 1.88. The van der Waals surface area contributed by atoms with E-state index in [1.54, 1.807) is 0 Å². The molecule has 0 aromatic rings. The molecule has 2 aliphatic heterocycles. The van der Waals surface area contributed by atoms with Crippen LogP contribution in [0.25, 0.3) is 0 Å². The molecular formula is C10H17NO2S. The number of thioether (sulfide) groups is 1. The van der Waals surface area contributed by atoms with E-state index in [-0.39, 0.29) is 11.4 Å². The molecule has 0 saturated carbocycles. The Balaban J connectivity index is 2.20. The number of piperidine rings is 1. The van der Waals surface area contributed by atoms with Gasteiger partial charge in [0, 0.05) is 11.8 Å². The van der Waals surface area contributed by atoms with Crippen molar-refractivity contribution in [2.75, 3.05) is 25.2 Å². The second kappa shape index (κ2) is 4.11. The lowest BCUT2D eigenvalue weighted by Gasteiger charge is -2.45. The Hall–Kier alpha value is -0.220. The summed E-state index contributed by atoms with van der Waals surface area (Å²) in [6.45, 7) is 1.05. The summed E-state index contributed by atoms with van der Waals surface area (Å²) in [6.07, 6.45) is 3.18. The van der Waals surface area contributed by atoms with Crippen LogP contribution in [0.15, 0.2) is 0 Å². The average Bonchev–Trinajstić information content (AvgIpc) is 2.28. The van der Waals surface area contributed by atoms with E-state index in [0.717, 1.165) is 37.3 Å². The predicted octanol–water partition coefficient (Wildman–Crippen LogP) is 1.03. The average molecular weight is 215 g/mol. The topological polar surface area (TPSA) is 38.3 Å². The highest BCUT2D eigenvalue weighted by atomic mass is 32.2. The lowest BCUT2D eigenvalue weighted by atomic mass is 9.74. The molecule has 0 radical (unpaired) electrons. The Labute approximate surface area is 89.0 Å². The van der Waals surface area contributed by atoms with Gasteiger partial charge in [-0.2, -0.15) is 11.8 Å². The van der Waals surface area contributed by atoms with Crippen molar-refractivity contribution in [2.24, 2.45) is 5.41 Å². The van der Waals surface area contributed by atoms with Gasteiger partial charge in [0.05, 0.1) is 12.5 Å². The first-order valence-corrected chi connectivity index (χ1v) is 6.34. The van der Waals surface area contributed by atoms with E-state index in [1.807, 2.05) is 11.8 Å². The molecule has 0 spiro atoms. The van der Waals surface area contributed by atoms with Crippen molar-refractivity contribution in [1.82, 2.24) is 5.32 Å². The molecule has 0 aliphatic carbocycles. The van der Waals surface area contributed by atoms with Crippen molar-refractivity contribution in [3.05, 3.63) is 0 Å². The van der Waals surface area contributed by atoms with Crippen LogP contribution < -0.4 is 5.32 Å². The third-order valence-corrected chi connectivity index (χ3v) is 4.60. The summed E-state index contributed by atoms with van der Waals surface area (Å²) in [6, 6.07) is 0.352. The Bertz CT molecular complexity index is 220. The quantitative estimate of drug-likeness (QED) is 0.663. The first-order chi connectivity index (χ1) is 6.79. The molecule has 0 amide bonds. The summed E-state index contributed by atoms with van der Waals surface area (Å²) in [5.41, 5.74) is -0.226. The molecule has 2 heterocycles. The minimum absolute atomic E-state index is 0.0121. The Kier molecular flexibility index (Phi) is 3.02. The minimum atomic E-state index is -0.226. The van der Waals surface area contributed by atoms with Gasteiger partial charge < -0.3 is 10.1 Å². The van der Waals surface area contributed by atoms with Crippen LogP contribution in [0, 0.1) is 5.41 Å². The molecule has 0 aromatic heterocycles. The SMILES string of the molecule is COC(=O)C12CCCNC1CCSC2. The number of carbonyl (C=O) groups is 1. The molecule has 0 aromatic carbocycles. The van der Waals surface area contributed by atoms with Gasteiger partial charge in [-0.1, -0.05) is 0 Å². The van der Waals surface area contributed by atoms with Crippen LogP contribution in [0.4, 0.5) is 0 Å². The lowest BCUT2D eigenvalue weighted by molar-refractivity contribution is -0.155. The van der Waals surface area contributed by atoms with E-state index in [1.165, 1.54) is 7.11 Å². The maximum atomic E-state index is 11.8. The van der Waals surface area contributed by atoms with Crippen molar-refractivity contribution >= 4 is 17.7 Å². The van der Waals surface area contributed by atoms with Crippen LogP contribution >= 0.6 is 11.8 Å². The largest absolute Gasteiger partial charge is 0.469 e. The van der Waals surface area contributed by atoms with Crippen LogP contribution in [0.5, 0.6) is 0 Å². The smallest absolute Gasteiger partial charge is 0.314 e. The first kappa shape index (κ1) is 10.3. The number of fused-ring (bicyclic) bond motifs is 1. The van der Waals surface area contributed by atoms with Crippen LogP contribution in [0.3, 0.4) is 0 Å². The maximum Gasteiger partial charge on any atom is 0.314 e. The predicted molar refractivity (Wildman–Crippen MR) is 57.4 cm³/mol. The van der Waals surface area contributed by atoms with Gasteiger partial charge in [-0.25, -0.2) is 0 Å². The van der Waals surface area contributed by atoms with E-state index in [0.29, 0.717) is 6.04 Å². The summed E-state index contributed by atoms with van der Waals surface area (Å²) in [7, 11) is 1.50. The Morgan fingerprint density at radius 3 is 3.29 bits per heavy atom. The van der Waals surface area contributed by atoms with Crippen molar-refractivity contribution in [3.63, 3.8) is 0 Å². The van der Waals surface area contributed by atoms with Crippen molar-refractivity contribution in [1.29, 1.82) is 0 Å². The molecule has 3 nitrogen and oxygen atoms in total. The molecule has 2 aliphatic rings. The van der Waals surface area contributed by atoms with Crippen LogP contribution in [-0.4, -0.2) is 37.2 Å². The van der Waals surface area contributed by atoms with Crippen LogP contribution in [-0.2, 0) is 9.53 Å². The van der Waals surface area contributed by atoms with Crippen molar-refractivity contribution in [2.45, 2.75) is 25.3 Å². The number of rotatable bonds is 1. The van der Waals surface area contributed by atoms with E-state index in [9.17, 15) is 4.79 Å². The molecular weight excluding hydrogens is 198 g/mol. The fraction of sp³-hybridized carbons (Fsp3) is 0.900. The third kappa shape index (κ3) is 1.54. The highest BCUT2D eigenvalue weighted by Gasteiger charge is 2.49. The van der Waals surface area contributed by atoms with Crippen molar-refractivity contribution in [3.8, 4) is 0 Å². The fourth-order valence-electron chi connectivity index (χ4n) is 2.56. The zero-order valence-corrected chi connectivity index (χ0v) is 9.36. The maximum absolute atomic E-state index is 11.8. The number of esters is 1. The number of ether oxygens (including phenoxy) is 1. The summed E-state index contributed by atoms with van der Waals surface area (Å²) in [5.74, 6) is 2.08. The van der Waals surface area contributed by atoms with E-state index in [2.05, 4.69) is 5.32 Å². The second-order valence-electron chi connectivity index (χ2n) is 4.10. The standard InChI is InChI=1S/C10H17NO2S/c1-13-9(12)10-4-2-5-11-8(10)3-6-14-7-10/h8,11H,2-7H2,1H3. The van der Waals surface area contributed by atoms with E-state index >= 15 is 0 Å². The van der Waals surface area contributed by atoms with Gasteiger partial charge in [-0.3, -0.25) is 4.79 Å². The molecule has 2 unspecified atom stereocenters. The number of nitrogens with one attached hydrogen (secondary N) is 1. The van der Waals surface area contributed by atoms with Crippen LogP contribution in [0.2, 0.25) is 0 Å². The zero-order valence-electron chi connectivity index (χ0n) is 8.54. The first-order valence-electron chi connectivity index (χ1n) is 5.19. The van der Waals surface area contributed by atoms with Gasteiger partial charge in [0.25, 0.3) is 0 Å². The van der Waals surface area contributed by atoms with Gasteiger partial charge in [0.2, 0.25) is 0 Å². The summed E-state index contributed by atoms with van der Waals surface area (Å²) in [5, 5.41) is 3.46.